The number of aromatic nitrogens is 1. The van der Waals surface area contributed by atoms with Gasteiger partial charge in [-0.1, -0.05) is 164 Å². The lowest BCUT2D eigenvalue weighted by Crippen LogP contribution is -2.28. The van der Waals surface area contributed by atoms with Crippen molar-refractivity contribution < 1.29 is 0 Å². The molecule has 0 spiro atoms. The van der Waals surface area contributed by atoms with Gasteiger partial charge >= 0.3 is 0 Å². The second-order valence-electron chi connectivity index (χ2n) is 16.9. The molecule has 0 aliphatic heterocycles. The average molecular weight is 801 g/mol. The van der Waals surface area contributed by atoms with E-state index in [0.717, 1.165) is 22.7 Å². The van der Waals surface area contributed by atoms with Crippen LogP contribution in [0.15, 0.2) is 243 Å². The van der Waals surface area contributed by atoms with Crippen molar-refractivity contribution in [2.45, 2.75) is 5.41 Å². The minimum Gasteiger partial charge on any atom is -0.310 e. The highest BCUT2D eigenvalue weighted by atomic mass is 15.1. The van der Waals surface area contributed by atoms with E-state index in [1.165, 1.54) is 87.5 Å². The van der Waals surface area contributed by atoms with Crippen LogP contribution in [0.25, 0.3) is 70.9 Å². The zero-order valence-electron chi connectivity index (χ0n) is 34.5. The molecule has 2 heteroatoms. The van der Waals surface area contributed by atoms with E-state index in [-0.39, 0.29) is 0 Å². The molecule has 63 heavy (non-hydrogen) atoms. The van der Waals surface area contributed by atoms with Gasteiger partial charge in [-0.15, -0.1) is 0 Å². The first-order valence-electron chi connectivity index (χ1n) is 21.8. The molecular weight excluding hydrogens is 761 g/mol. The maximum Gasteiger partial charge on any atom is 0.0714 e. The minimum absolute atomic E-state index is 0.566. The highest BCUT2D eigenvalue weighted by Crippen LogP contribution is 2.57. The van der Waals surface area contributed by atoms with E-state index in [1.807, 2.05) is 0 Å². The van der Waals surface area contributed by atoms with Crippen molar-refractivity contribution in [3.05, 3.63) is 265 Å². The van der Waals surface area contributed by atoms with E-state index in [2.05, 4.69) is 252 Å². The van der Waals surface area contributed by atoms with Crippen molar-refractivity contribution in [1.29, 1.82) is 0 Å². The summed E-state index contributed by atoms with van der Waals surface area (Å²) in [5, 5.41) is 10.2. The number of benzene rings is 11. The summed E-state index contributed by atoms with van der Waals surface area (Å²) in [6.45, 7) is 0. The van der Waals surface area contributed by atoms with Gasteiger partial charge in [-0.05, 0) is 145 Å². The predicted molar refractivity (Wildman–Crippen MR) is 265 cm³/mol. The van der Waals surface area contributed by atoms with Gasteiger partial charge in [-0.2, -0.15) is 0 Å². The quantitative estimate of drug-likeness (QED) is 0.146. The van der Waals surface area contributed by atoms with Gasteiger partial charge in [0.1, 0.15) is 0 Å². The van der Waals surface area contributed by atoms with Gasteiger partial charge in [0.15, 0.2) is 0 Å². The lowest BCUT2D eigenvalue weighted by atomic mass is 9.67. The Bertz CT molecular complexity index is 3720. The molecule has 1 aliphatic carbocycles. The summed E-state index contributed by atoms with van der Waals surface area (Å²) in [5.74, 6) is 0. The fourth-order valence-corrected chi connectivity index (χ4v) is 10.8. The number of hydrogen-bond donors (Lipinski definition) is 0. The third kappa shape index (κ3) is 5.32. The Morgan fingerprint density at radius 3 is 1.76 bits per heavy atom. The van der Waals surface area contributed by atoms with Crippen LogP contribution in [0, 0.1) is 0 Å². The van der Waals surface area contributed by atoms with E-state index >= 15 is 0 Å². The molecular formula is C61H40N2. The van der Waals surface area contributed by atoms with Crippen molar-refractivity contribution in [2.75, 3.05) is 4.90 Å². The van der Waals surface area contributed by atoms with Crippen LogP contribution in [0.3, 0.4) is 0 Å². The van der Waals surface area contributed by atoms with Crippen molar-refractivity contribution in [2.24, 2.45) is 0 Å². The van der Waals surface area contributed by atoms with Crippen molar-refractivity contribution in [1.82, 2.24) is 4.57 Å². The van der Waals surface area contributed by atoms with E-state index < -0.39 is 5.41 Å². The van der Waals surface area contributed by atoms with Crippen LogP contribution >= 0.6 is 0 Å². The fourth-order valence-electron chi connectivity index (χ4n) is 10.8. The Labute approximate surface area is 366 Å². The largest absolute Gasteiger partial charge is 0.310 e. The van der Waals surface area contributed by atoms with Crippen LogP contribution in [0.1, 0.15) is 22.3 Å². The number of rotatable bonds is 7. The number of anilines is 3. The molecule has 1 unspecified atom stereocenters. The molecule has 1 aliphatic rings. The van der Waals surface area contributed by atoms with Gasteiger partial charge < -0.3 is 9.47 Å². The van der Waals surface area contributed by atoms with E-state index in [1.54, 1.807) is 0 Å². The highest BCUT2D eigenvalue weighted by Gasteiger charge is 2.45. The molecule has 1 aromatic heterocycles. The maximum absolute atomic E-state index is 2.50. The molecule has 0 saturated carbocycles. The molecule has 0 N–H and O–H groups in total. The van der Waals surface area contributed by atoms with E-state index in [4.69, 9.17) is 0 Å². The third-order valence-electron chi connectivity index (χ3n) is 13.6. The number of nitrogens with zero attached hydrogens (tertiary/aromatic N) is 2. The Kier molecular flexibility index (Phi) is 7.85. The Balaban J connectivity index is 1.02. The average Bonchev–Trinajstić information content (AvgIpc) is 3.85. The van der Waals surface area contributed by atoms with Gasteiger partial charge in [0, 0.05) is 33.5 Å². The smallest absolute Gasteiger partial charge is 0.0714 e. The molecule has 1 atom stereocenters. The molecule has 0 amide bonds. The van der Waals surface area contributed by atoms with Crippen molar-refractivity contribution >= 4 is 71.2 Å². The molecule has 13 rings (SSSR count). The van der Waals surface area contributed by atoms with Crippen LogP contribution in [-0.4, -0.2) is 4.57 Å². The molecule has 2 nitrogen and oxygen atoms in total. The molecule has 12 aromatic rings. The molecule has 0 fully saturated rings. The number of hydrogen-bond acceptors (Lipinski definition) is 1. The first-order chi connectivity index (χ1) is 31.2. The number of para-hydroxylation sites is 3. The zero-order chi connectivity index (χ0) is 41.5. The summed E-state index contributed by atoms with van der Waals surface area (Å²) in [4.78, 5) is 2.36. The molecule has 0 radical (unpaired) electrons. The molecule has 11 aromatic carbocycles. The monoisotopic (exact) mass is 800 g/mol. The standard InChI is InChI=1S/C61H40N2/c1-4-18-47(19-5-1)61(48-32-36-58-54(40-48)53-24-12-13-26-57(53)63(58)50-22-8-3-9-23-50)55-25-14-17-43-27-28-45-37-46(39-56(61)60(45)59(43)55)42-29-33-51(34-30-42)62(49-20-6-2-7-21-49)52-35-31-41-15-10-11-16-44(41)38-52/h1-40H. The second kappa shape index (κ2) is 13.9. The van der Waals surface area contributed by atoms with Gasteiger partial charge in [0.25, 0.3) is 0 Å². The Morgan fingerprint density at radius 2 is 0.937 bits per heavy atom. The summed E-state index contributed by atoms with van der Waals surface area (Å²) < 4.78 is 2.41. The van der Waals surface area contributed by atoms with Crippen LogP contribution in [-0.2, 0) is 5.41 Å². The summed E-state index contributed by atoms with van der Waals surface area (Å²) in [6.07, 6.45) is 0. The third-order valence-corrected chi connectivity index (χ3v) is 13.6. The lowest BCUT2D eigenvalue weighted by Gasteiger charge is -2.34. The van der Waals surface area contributed by atoms with Crippen LogP contribution in [0.2, 0.25) is 0 Å². The predicted octanol–water partition coefficient (Wildman–Crippen LogP) is 16.1. The number of fused-ring (bicyclic) bond motifs is 4. The Hall–Kier alpha value is -8.20. The Morgan fingerprint density at radius 1 is 0.317 bits per heavy atom. The van der Waals surface area contributed by atoms with Gasteiger partial charge in [0.2, 0.25) is 0 Å². The van der Waals surface area contributed by atoms with Gasteiger partial charge in [0.05, 0.1) is 16.4 Å². The zero-order valence-corrected chi connectivity index (χ0v) is 34.5. The summed E-state index contributed by atoms with van der Waals surface area (Å²) in [7, 11) is 0. The normalized spacial score (nSPS) is 14.4. The highest BCUT2D eigenvalue weighted by molar-refractivity contribution is 6.18. The van der Waals surface area contributed by atoms with E-state index in [9.17, 15) is 0 Å². The molecule has 294 valence electrons. The molecule has 0 saturated heterocycles. The lowest BCUT2D eigenvalue weighted by molar-refractivity contribution is 0.773. The summed E-state index contributed by atoms with van der Waals surface area (Å²) >= 11 is 0. The van der Waals surface area contributed by atoms with Gasteiger partial charge in [-0.3, -0.25) is 0 Å². The van der Waals surface area contributed by atoms with E-state index in [0.29, 0.717) is 0 Å². The first kappa shape index (κ1) is 35.5. The van der Waals surface area contributed by atoms with Crippen molar-refractivity contribution in [3.63, 3.8) is 0 Å². The van der Waals surface area contributed by atoms with Crippen LogP contribution in [0.5, 0.6) is 0 Å². The summed E-state index contributed by atoms with van der Waals surface area (Å²) in [5.41, 5.74) is 14.0. The second-order valence-corrected chi connectivity index (χ2v) is 16.9. The first-order valence-corrected chi connectivity index (χ1v) is 21.8. The molecule has 1 heterocycles. The van der Waals surface area contributed by atoms with Crippen molar-refractivity contribution in [3.8, 4) is 16.8 Å². The minimum atomic E-state index is -0.566. The fraction of sp³-hybridized carbons (Fsp3) is 0.0164. The summed E-state index contributed by atoms with van der Waals surface area (Å²) in [6, 6.07) is 89.7. The topological polar surface area (TPSA) is 8.17 Å². The maximum atomic E-state index is 2.50. The van der Waals surface area contributed by atoms with Gasteiger partial charge in [-0.25, -0.2) is 0 Å². The SMILES string of the molecule is c1ccc(N(c2ccc(-c3cc4c5c(ccc6cccc(c65)C4(c4ccccc4)c4ccc5c(c4)c4ccccc4n5-c4ccccc4)c3)cc2)c2ccc3ccccc3c2)cc1. The molecule has 0 bridgehead atoms. The van der Waals surface area contributed by atoms with Crippen LogP contribution in [0.4, 0.5) is 17.1 Å². The van der Waals surface area contributed by atoms with Crippen LogP contribution < -0.4 is 4.90 Å².